The number of hydrazone groups is 1. The van der Waals surface area contributed by atoms with E-state index in [1.54, 1.807) is 6.21 Å². The Labute approximate surface area is 130 Å². The summed E-state index contributed by atoms with van der Waals surface area (Å²) in [6.45, 7) is 7.01. The van der Waals surface area contributed by atoms with E-state index >= 15 is 0 Å². The van der Waals surface area contributed by atoms with Gasteiger partial charge in [-0.2, -0.15) is 5.10 Å². The maximum atomic E-state index is 5.07. The minimum Gasteiger partial charge on any atom is -0.362 e. The monoisotopic (exact) mass is 300 g/mol. The summed E-state index contributed by atoms with van der Waals surface area (Å²) in [5, 5.41) is 7.69. The molecule has 1 aromatic carbocycles. The second kappa shape index (κ2) is 7.04. The third-order valence-electron chi connectivity index (χ3n) is 3.32. The maximum Gasteiger partial charge on any atom is 0.186 e. The van der Waals surface area contributed by atoms with Crippen LogP contribution >= 0.6 is 12.2 Å². The SMILES string of the molecule is CCNC(=S)NN=Cc1cccn1-c1cccc(C)c1C. The van der Waals surface area contributed by atoms with Crippen LogP contribution in [0.1, 0.15) is 23.7 Å². The number of nitrogens with zero attached hydrogens (tertiary/aromatic N) is 2. The third kappa shape index (κ3) is 3.70. The molecule has 0 amide bonds. The summed E-state index contributed by atoms with van der Waals surface area (Å²) in [6.07, 6.45) is 3.80. The second-order valence-corrected chi connectivity index (χ2v) is 5.16. The largest absolute Gasteiger partial charge is 0.362 e. The summed E-state index contributed by atoms with van der Waals surface area (Å²) in [5.41, 5.74) is 7.50. The van der Waals surface area contributed by atoms with Gasteiger partial charge in [-0.15, -0.1) is 0 Å². The summed E-state index contributed by atoms with van der Waals surface area (Å²) < 4.78 is 2.11. The number of thiocarbonyl (C=S) groups is 1. The Bertz CT molecular complexity index is 658. The molecular formula is C16H20N4S. The van der Waals surface area contributed by atoms with Crippen molar-refractivity contribution < 1.29 is 0 Å². The molecule has 1 aromatic heterocycles. The van der Waals surface area contributed by atoms with Gasteiger partial charge in [0.1, 0.15) is 0 Å². The number of aryl methyl sites for hydroxylation is 1. The minimum absolute atomic E-state index is 0.526. The molecule has 2 aromatic rings. The van der Waals surface area contributed by atoms with Gasteiger partial charge in [0.2, 0.25) is 0 Å². The molecule has 4 nitrogen and oxygen atoms in total. The Hall–Kier alpha value is -2.14. The molecule has 0 atom stereocenters. The van der Waals surface area contributed by atoms with Gasteiger partial charge in [0.05, 0.1) is 11.9 Å². The van der Waals surface area contributed by atoms with Crippen LogP contribution in [0.5, 0.6) is 0 Å². The van der Waals surface area contributed by atoms with Crippen LogP contribution in [0.15, 0.2) is 41.6 Å². The lowest BCUT2D eigenvalue weighted by molar-refractivity contribution is 0.902. The average Bonchev–Trinajstić information content (AvgIpc) is 2.90. The highest BCUT2D eigenvalue weighted by atomic mass is 32.1. The number of rotatable bonds is 4. The van der Waals surface area contributed by atoms with Crippen LogP contribution in [-0.4, -0.2) is 22.4 Å². The van der Waals surface area contributed by atoms with Crippen LogP contribution in [0, 0.1) is 13.8 Å². The zero-order valence-corrected chi connectivity index (χ0v) is 13.4. The molecule has 0 aliphatic rings. The van der Waals surface area contributed by atoms with E-state index in [4.69, 9.17) is 12.2 Å². The standard InChI is InChI=1S/C16H20N4S/c1-4-17-16(21)19-18-11-14-8-6-10-20(14)15-9-5-7-12(2)13(15)3/h5-11H,4H2,1-3H3,(H2,17,19,21). The first-order valence-electron chi connectivity index (χ1n) is 6.94. The van der Waals surface area contributed by atoms with Crippen LogP contribution in [0.2, 0.25) is 0 Å². The second-order valence-electron chi connectivity index (χ2n) is 4.75. The predicted molar refractivity (Wildman–Crippen MR) is 92.2 cm³/mol. The molecule has 0 bridgehead atoms. The van der Waals surface area contributed by atoms with E-state index in [1.807, 2.05) is 25.3 Å². The summed E-state index contributed by atoms with van der Waals surface area (Å²) in [5.74, 6) is 0. The van der Waals surface area contributed by atoms with Crippen LogP contribution in [0.3, 0.4) is 0 Å². The van der Waals surface area contributed by atoms with E-state index in [9.17, 15) is 0 Å². The zero-order valence-electron chi connectivity index (χ0n) is 12.6. The topological polar surface area (TPSA) is 41.4 Å². The lowest BCUT2D eigenvalue weighted by Gasteiger charge is -2.12. The normalized spacial score (nSPS) is 10.8. The van der Waals surface area contributed by atoms with Crippen molar-refractivity contribution in [3.05, 3.63) is 53.3 Å². The molecule has 110 valence electrons. The molecule has 0 radical (unpaired) electrons. The Morgan fingerprint density at radius 2 is 2.10 bits per heavy atom. The molecule has 0 spiro atoms. The van der Waals surface area contributed by atoms with Crippen molar-refractivity contribution in [1.82, 2.24) is 15.3 Å². The van der Waals surface area contributed by atoms with Gasteiger partial charge in [0.15, 0.2) is 5.11 Å². The first-order chi connectivity index (χ1) is 10.1. The first kappa shape index (κ1) is 15.3. The molecule has 0 saturated heterocycles. The molecule has 0 saturated carbocycles. The highest BCUT2D eigenvalue weighted by molar-refractivity contribution is 7.80. The van der Waals surface area contributed by atoms with Crippen molar-refractivity contribution in [2.75, 3.05) is 6.54 Å². The molecular weight excluding hydrogens is 280 g/mol. The first-order valence-corrected chi connectivity index (χ1v) is 7.35. The molecule has 5 heteroatoms. The van der Waals surface area contributed by atoms with Gasteiger partial charge in [-0.05, 0) is 62.3 Å². The zero-order chi connectivity index (χ0) is 15.2. The van der Waals surface area contributed by atoms with Crippen LogP contribution < -0.4 is 10.7 Å². The number of hydrogen-bond donors (Lipinski definition) is 2. The Morgan fingerprint density at radius 3 is 2.86 bits per heavy atom. The highest BCUT2D eigenvalue weighted by Crippen LogP contribution is 2.19. The van der Waals surface area contributed by atoms with E-state index in [0.29, 0.717) is 5.11 Å². The summed E-state index contributed by atoms with van der Waals surface area (Å²) in [7, 11) is 0. The van der Waals surface area contributed by atoms with Crippen molar-refractivity contribution in [2.24, 2.45) is 5.10 Å². The molecule has 1 heterocycles. The number of aromatic nitrogens is 1. The van der Waals surface area contributed by atoms with Gasteiger partial charge in [-0.25, -0.2) is 0 Å². The lowest BCUT2D eigenvalue weighted by atomic mass is 10.1. The van der Waals surface area contributed by atoms with Crippen molar-refractivity contribution in [1.29, 1.82) is 0 Å². The number of hydrogen-bond acceptors (Lipinski definition) is 2. The molecule has 0 unspecified atom stereocenters. The summed E-state index contributed by atoms with van der Waals surface area (Å²) in [6, 6.07) is 10.3. The predicted octanol–water partition coefficient (Wildman–Crippen LogP) is 2.91. The molecule has 0 aliphatic heterocycles. The van der Waals surface area contributed by atoms with Crippen LogP contribution in [0.4, 0.5) is 0 Å². The number of nitrogens with one attached hydrogen (secondary N) is 2. The fourth-order valence-corrected chi connectivity index (χ4v) is 2.27. The Kier molecular flexibility index (Phi) is 5.11. The van der Waals surface area contributed by atoms with E-state index < -0.39 is 0 Å². The van der Waals surface area contributed by atoms with Crippen molar-refractivity contribution in [2.45, 2.75) is 20.8 Å². The van der Waals surface area contributed by atoms with Crippen molar-refractivity contribution in [3.63, 3.8) is 0 Å². The lowest BCUT2D eigenvalue weighted by Crippen LogP contribution is -2.31. The molecule has 0 aliphatic carbocycles. The molecule has 0 fully saturated rings. The van der Waals surface area contributed by atoms with Crippen molar-refractivity contribution in [3.8, 4) is 5.69 Å². The number of benzene rings is 1. The fraction of sp³-hybridized carbons (Fsp3) is 0.250. The van der Waals surface area contributed by atoms with Crippen molar-refractivity contribution >= 4 is 23.5 Å². The average molecular weight is 300 g/mol. The van der Waals surface area contributed by atoms with Gasteiger partial charge >= 0.3 is 0 Å². The summed E-state index contributed by atoms with van der Waals surface area (Å²) >= 11 is 5.07. The van der Waals surface area contributed by atoms with Gasteiger partial charge in [0, 0.05) is 18.4 Å². The summed E-state index contributed by atoms with van der Waals surface area (Å²) in [4.78, 5) is 0. The molecule has 2 rings (SSSR count). The van der Waals surface area contributed by atoms with Gasteiger partial charge in [-0.3, -0.25) is 5.43 Å². The van der Waals surface area contributed by atoms with E-state index in [0.717, 1.165) is 17.9 Å². The third-order valence-corrected chi connectivity index (χ3v) is 3.55. The quantitative estimate of drug-likeness (QED) is 0.518. The van der Waals surface area contributed by atoms with Gasteiger partial charge in [-0.1, -0.05) is 12.1 Å². The van der Waals surface area contributed by atoms with Gasteiger partial charge < -0.3 is 9.88 Å². The minimum atomic E-state index is 0.526. The fourth-order valence-electron chi connectivity index (χ4n) is 2.07. The highest BCUT2D eigenvalue weighted by Gasteiger charge is 2.05. The van der Waals surface area contributed by atoms with E-state index in [1.165, 1.54) is 11.1 Å². The smallest absolute Gasteiger partial charge is 0.186 e. The van der Waals surface area contributed by atoms with Crippen LogP contribution in [0.25, 0.3) is 5.69 Å². The Balaban J connectivity index is 2.21. The van der Waals surface area contributed by atoms with E-state index in [2.05, 4.69) is 52.5 Å². The van der Waals surface area contributed by atoms with Gasteiger partial charge in [0.25, 0.3) is 0 Å². The molecule has 21 heavy (non-hydrogen) atoms. The van der Waals surface area contributed by atoms with E-state index in [-0.39, 0.29) is 0 Å². The van der Waals surface area contributed by atoms with Crippen LogP contribution in [-0.2, 0) is 0 Å². The maximum absolute atomic E-state index is 5.07. The Morgan fingerprint density at radius 1 is 1.29 bits per heavy atom. The molecule has 2 N–H and O–H groups in total.